The van der Waals surface area contributed by atoms with Crippen LogP contribution in [0.2, 0.25) is 0 Å². The van der Waals surface area contributed by atoms with E-state index in [-0.39, 0.29) is 16.7 Å². The molecule has 0 saturated carbocycles. The highest BCUT2D eigenvalue weighted by Crippen LogP contribution is 2.38. The third-order valence-corrected chi connectivity index (χ3v) is 6.65. The van der Waals surface area contributed by atoms with E-state index >= 15 is 0 Å². The van der Waals surface area contributed by atoms with Crippen molar-refractivity contribution >= 4 is 27.3 Å². The summed E-state index contributed by atoms with van der Waals surface area (Å²) in [6.07, 6.45) is 0.412. The smallest absolute Gasteiger partial charge is 0.261 e. The quantitative estimate of drug-likeness (QED) is 0.587. The summed E-state index contributed by atoms with van der Waals surface area (Å²) in [7, 11) is -3.79. The Bertz CT molecular complexity index is 1260. The molecule has 0 bridgehead atoms. The molecular formula is C24H25N3O4S. The summed E-state index contributed by atoms with van der Waals surface area (Å²) in [5, 5.41) is 6.03. The Morgan fingerprint density at radius 3 is 2.41 bits per heavy atom. The SMILES string of the molecule is Cc1ccc(C2=NN(C(=O)C(C)C)C(c3ccccc3NS(=O)(=O)c3ccccc3)C2)o1. The number of hydrogen-bond donors (Lipinski definition) is 1. The van der Waals surface area contributed by atoms with Gasteiger partial charge in [-0.25, -0.2) is 13.4 Å². The van der Waals surface area contributed by atoms with Crippen molar-refractivity contribution in [3.8, 4) is 0 Å². The number of amides is 1. The van der Waals surface area contributed by atoms with E-state index in [2.05, 4.69) is 9.82 Å². The van der Waals surface area contributed by atoms with E-state index in [9.17, 15) is 13.2 Å². The summed E-state index contributed by atoms with van der Waals surface area (Å²) in [5.41, 5.74) is 1.73. The molecule has 1 aliphatic rings. The van der Waals surface area contributed by atoms with Crippen LogP contribution in [0.15, 0.2) is 81.1 Å². The molecule has 4 rings (SSSR count). The number of hydrazone groups is 1. The van der Waals surface area contributed by atoms with Crippen LogP contribution in [0.4, 0.5) is 5.69 Å². The number of hydrogen-bond acceptors (Lipinski definition) is 5. The third-order valence-electron chi connectivity index (χ3n) is 5.27. The fraction of sp³-hybridized carbons (Fsp3) is 0.250. The number of nitrogens with one attached hydrogen (secondary N) is 1. The molecule has 166 valence electrons. The summed E-state index contributed by atoms with van der Waals surface area (Å²) in [6, 6.07) is 18.5. The zero-order chi connectivity index (χ0) is 22.9. The molecule has 0 aliphatic carbocycles. The molecule has 0 fully saturated rings. The average molecular weight is 452 g/mol. The number of carbonyl (C=O) groups excluding carboxylic acids is 1. The lowest BCUT2D eigenvalue weighted by atomic mass is 9.98. The van der Waals surface area contributed by atoms with Crippen molar-refractivity contribution in [3.63, 3.8) is 0 Å². The van der Waals surface area contributed by atoms with E-state index < -0.39 is 16.1 Å². The summed E-state index contributed by atoms with van der Waals surface area (Å²) < 4.78 is 34.3. The Morgan fingerprint density at radius 2 is 1.75 bits per heavy atom. The molecule has 1 atom stereocenters. The van der Waals surface area contributed by atoms with Gasteiger partial charge in [0.25, 0.3) is 10.0 Å². The molecule has 1 aliphatic heterocycles. The van der Waals surface area contributed by atoms with Crippen LogP contribution < -0.4 is 4.72 Å². The maximum atomic E-state index is 13.0. The van der Waals surface area contributed by atoms with Crippen molar-refractivity contribution in [3.05, 3.63) is 83.8 Å². The number of para-hydroxylation sites is 1. The molecule has 0 spiro atoms. The van der Waals surface area contributed by atoms with Crippen LogP contribution in [0.5, 0.6) is 0 Å². The molecule has 0 radical (unpaired) electrons. The maximum Gasteiger partial charge on any atom is 0.261 e. The standard InChI is InChI=1S/C24H25N3O4S/c1-16(2)24(28)27-22(15-21(25-27)23-14-13-17(3)31-23)19-11-7-8-12-20(19)26-32(29,30)18-9-5-4-6-10-18/h4-14,16,22,26H,15H2,1-3H3. The number of benzene rings is 2. The van der Waals surface area contributed by atoms with Gasteiger partial charge in [-0.1, -0.05) is 50.2 Å². The highest BCUT2D eigenvalue weighted by atomic mass is 32.2. The lowest BCUT2D eigenvalue weighted by molar-refractivity contribution is -0.136. The normalized spacial score (nSPS) is 16.3. The van der Waals surface area contributed by atoms with Crippen LogP contribution >= 0.6 is 0 Å². The Balaban J connectivity index is 1.72. The van der Waals surface area contributed by atoms with Gasteiger partial charge in [0.05, 0.1) is 16.6 Å². The highest BCUT2D eigenvalue weighted by Gasteiger charge is 2.36. The van der Waals surface area contributed by atoms with Gasteiger partial charge >= 0.3 is 0 Å². The van der Waals surface area contributed by atoms with Crippen molar-refractivity contribution in [2.75, 3.05) is 4.72 Å². The number of carbonyl (C=O) groups is 1. The molecule has 1 N–H and O–H groups in total. The van der Waals surface area contributed by atoms with E-state index in [1.54, 1.807) is 30.3 Å². The van der Waals surface area contributed by atoms with Gasteiger partial charge in [-0.2, -0.15) is 5.10 Å². The Morgan fingerprint density at radius 1 is 1.06 bits per heavy atom. The molecule has 8 heteroatoms. The van der Waals surface area contributed by atoms with Crippen molar-refractivity contribution < 1.29 is 17.6 Å². The first-order chi connectivity index (χ1) is 15.3. The van der Waals surface area contributed by atoms with E-state index in [0.29, 0.717) is 29.1 Å². The second-order valence-electron chi connectivity index (χ2n) is 8.02. The molecule has 2 aromatic carbocycles. The largest absolute Gasteiger partial charge is 0.460 e. The highest BCUT2D eigenvalue weighted by molar-refractivity contribution is 7.92. The molecule has 1 amide bonds. The number of furan rings is 1. The van der Waals surface area contributed by atoms with Gasteiger partial charge in [0.1, 0.15) is 17.2 Å². The first-order valence-corrected chi connectivity index (χ1v) is 11.9. The van der Waals surface area contributed by atoms with Crippen molar-refractivity contribution in [2.24, 2.45) is 11.0 Å². The van der Waals surface area contributed by atoms with Gasteiger partial charge in [0.15, 0.2) is 0 Å². The first-order valence-electron chi connectivity index (χ1n) is 10.4. The monoisotopic (exact) mass is 451 g/mol. The molecule has 0 saturated heterocycles. The summed E-state index contributed by atoms with van der Waals surface area (Å²) in [4.78, 5) is 13.1. The topological polar surface area (TPSA) is 92.0 Å². The van der Waals surface area contributed by atoms with Crippen molar-refractivity contribution in [2.45, 2.75) is 38.1 Å². The Kier molecular flexibility index (Phi) is 5.88. The summed E-state index contributed by atoms with van der Waals surface area (Å²) in [6.45, 7) is 5.48. The van der Waals surface area contributed by atoms with E-state index in [1.807, 2.05) is 45.0 Å². The van der Waals surface area contributed by atoms with Crippen LogP contribution in [-0.4, -0.2) is 25.0 Å². The molecule has 2 heterocycles. The number of rotatable bonds is 6. The third kappa shape index (κ3) is 4.31. The Hall–Kier alpha value is -3.39. The lowest BCUT2D eigenvalue weighted by Gasteiger charge is -2.25. The van der Waals surface area contributed by atoms with Gasteiger partial charge in [0, 0.05) is 17.9 Å². The lowest BCUT2D eigenvalue weighted by Crippen LogP contribution is -2.31. The summed E-state index contributed by atoms with van der Waals surface area (Å²) in [5.74, 6) is 0.943. The fourth-order valence-electron chi connectivity index (χ4n) is 3.64. The minimum atomic E-state index is -3.79. The fourth-order valence-corrected chi connectivity index (χ4v) is 4.75. The van der Waals surface area contributed by atoms with Crippen LogP contribution in [0, 0.1) is 12.8 Å². The predicted octanol–water partition coefficient (Wildman–Crippen LogP) is 4.72. The second-order valence-corrected chi connectivity index (χ2v) is 9.70. The van der Waals surface area contributed by atoms with E-state index in [0.717, 1.165) is 5.76 Å². The predicted molar refractivity (Wildman–Crippen MR) is 123 cm³/mol. The molecule has 32 heavy (non-hydrogen) atoms. The van der Waals surface area contributed by atoms with Crippen LogP contribution in [0.1, 0.15) is 43.4 Å². The average Bonchev–Trinajstić information content (AvgIpc) is 3.40. The summed E-state index contributed by atoms with van der Waals surface area (Å²) >= 11 is 0. The van der Waals surface area contributed by atoms with Crippen LogP contribution in [-0.2, 0) is 14.8 Å². The zero-order valence-corrected chi connectivity index (χ0v) is 19.0. The van der Waals surface area contributed by atoms with Crippen molar-refractivity contribution in [1.29, 1.82) is 0 Å². The zero-order valence-electron chi connectivity index (χ0n) is 18.1. The number of sulfonamides is 1. The first kappa shape index (κ1) is 21.8. The van der Waals surface area contributed by atoms with Crippen LogP contribution in [0.25, 0.3) is 0 Å². The molecule has 7 nitrogen and oxygen atoms in total. The minimum Gasteiger partial charge on any atom is -0.460 e. The number of anilines is 1. The van der Waals surface area contributed by atoms with Crippen LogP contribution in [0.3, 0.4) is 0 Å². The van der Waals surface area contributed by atoms with Gasteiger partial charge in [-0.05, 0) is 37.3 Å². The van der Waals surface area contributed by atoms with E-state index in [4.69, 9.17) is 4.42 Å². The second kappa shape index (κ2) is 8.63. The van der Waals surface area contributed by atoms with Crippen molar-refractivity contribution in [1.82, 2.24) is 5.01 Å². The minimum absolute atomic E-state index is 0.144. The Labute approximate surface area is 187 Å². The molecule has 1 aromatic heterocycles. The van der Waals surface area contributed by atoms with Gasteiger partial charge in [0.2, 0.25) is 5.91 Å². The number of nitrogens with zero attached hydrogens (tertiary/aromatic N) is 2. The van der Waals surface area contributed by atoms with Gasteiger partial charge < -0.3 is 4.42 Å². The molecular weight excluding hydrogens is 426 g/mol. The number of aryl methyl sites for hydroxylation is 1. The maximum absolute atomic E-state index is 13.0. The molecule has 1 unspecified atom stereocenters. The van der Waals surface area contributed by atoms with E-state index in [1.165, 1.54) is 17.1 Å². The van der Waals surface area contributed by atoms with Gasteiger partial charge in [-0.15, -0.1) is 0 Å². The van der Waals surface area contributed by atoms with Gasteiger partial charge in [-0.3, -0.25) is 9.52 Å². The molecule has 3 aromatic rings.